The molecule has 0 atom stereocenters. The number of amides is 1. The lowest BCUT2D eigenvalue weighted by Crippen LogP contribution is -2.23. The maximum Gasteiger partial charge on any atom is 0.252 e. The van der Waals surface area contributed by atoms with E-state index in [1.165, 1.54) is 0 Å². The molecule has 19 heavy (non-hydrogen) atoms. The first-order valence-corrected chi connectivity index (χ1v) is 6.83. The van der Waals surface area contributed by atoms with Gasteiger partial charge in [-0.25, -0.2) is 0 Å². The minimum Gasteiger partial charge on any atom is -0.348 e. The Labute approximate surface area is 116 Å². The fourth-order valence-corrected chi connectivity index (χ4v) is 2.28. The lowest BCUT2D eigenvalue weighted by molar-refractivity contribution is 0.0950. The van der Waals surface area contributed by atoms with Crippen molar-refractivity contribution < 1.29 is 4.79 Å². The summed E-state index contributed by atoms with van der Waals surface area (Å²) in [7, 11) is 0. The second-order valence-corrected chi connectivity index (χ2v) is 4.65. The fourth-order valence-electron chi connectivity index (χ4n) is 1.61. The molecule has 0 spiro atoms. The molecule has 0 unspecified atom stereocenters. The largest absolute Gasteiger partial charge is 0.348 e. The fraction of sp³-hybridized carbons (Fsp3) is 0.133. The highest BCUT2D eigenvalue weighted by atomic mass is 32.1. The van der Waals surface area contributed by atoms with Gasteiger partial charge in [0.2, 0.25) is 0 Å². The van der Waals surface area contributed by atoms with Crippen LogP contribution in [0.25, 0.3) is 0 Å². The average molecular weight is 270 g/mol. The van der Waals surface area contributed by atoms with Gasteiger partial charge in [0, 0.05) is 12.1 Å². The number of hydrogen-bond acceptors (Lipinski definition) is 3. The Kier molecular flexibility index (Phi) is 4.73. The van der Waals surface area contributed by atoms with Crippen molar-refractivity contribution >= 4 is 17.2 Å². The average Bonchev–Trinajstić information content (AvgIpc) is 2.96. The molecule has 0 saturated heterocycles. The van der Waals surface area contributed by atoms with Crippen LogP contribution < -0.4 is 11.1 Å². The van der Waals surface area contributed by atoms with Crippen LogP contribution in [-0.4, -0.2) is 12.5 Å². The van der Waals surface area contributed by atoms with E-state index in [-0.39, 0.29) is 12.5 Å². The molecule has 1 aromatic heterocycles. The predicted octanol–water partition coefficient (Wildman–Crippen LogP) is 1.99. The monoisotopic (exact) mass is 270 g/mol. The Balaban J connectivity index is 2.10. The molecule has 4 heteroatoms. The van der Waals surface area contributed by atoms with Gasteiger partial charge in [0.25, 0.3) is 5.91 Å². The van der Waals surface area contributed by atoms with E-state index in [2.05, 4.69) is 17.2 Å². The van der Waals surface area contributed by atoms with Crippen molar-refractivity contribution in [2.45, 2.75) is 6.54 Å². The molecule has 0 aliphatic heterocycles. The molecule has 0 fully saturated rings. The number of rotatable bonds is 3. The minimum absolute atomic E-state index is 0.117. The summed E-state index contributed by atoms with van der Waals surface area (Å²) in [4.78, 5) is 12.1. The van der Waals surface area contributed by atoms with Crippen molar-refractivity contribution in [3.63, 3.8) is 0 Å². The number of nitrogens with one attached hydrogen (secondary N) is 1. The van der Waals surface area contributed by atoms with Crippen LogP contribution in [0.5, 0.6) is 0 Å². The van der Waals surface area contributed by atoms with Crippen LogP contribution in [0.3, 0.4) is 0 Å². The zero-order chi connectivity index (χ0) is 13.5. The van der Waals surface area contributed by atoms with Crippen molar-refractivity contribution in [2.24, 2.45) is 5.73 Å². The number of carbonyl (C=O) groups excluding carboxylic acids is 1. The normalized spacial score (nSPS) is 9.53. The highest BCUT2D eigenvalue weighted by Crippen LogP contribution is 2.09. The summed E-state index contributed by atoms with van der Waals surface area (Å²) in [5.74, 6) is 5.56. The van der Waals surface area contributed by atoms with Gasteiger partial charge in [0.15, 0.2) is 0 Å². The SMILES string of the molecule is NCC#Cc1ccccc1C(=O)NCc1ccsc1. The Morgan fingerprint density at radius 1 is 1.32 bits per heavy atom. The van der Waals surface area contributed by atoms with E-state index in [1.54, 1.807) is 17.4 Å². The molecule has 0 aliphatic carbocycles. The third-order valence-corrected chi connectivity index (χ3v) is 3.26. The van der Waals surface area contributed by atoms with Gasteiger partial charge in [-0.15, -0.1) is 0 Å². The molecule has 1 aromatic carbocycles. The van der Waals surface area contributed by atoms with E-state index in [0.717, 1.165) is 5.56 Å². The second-order valence-electron chi connectivity index (χ2n) is 3.87. The molecule has 0 bridgehead atoms. The van der Waals surface area contributed by atoms with Crippen molar-refractivity contribution in [1.82, 2.24) is 5.32 Å². The van der Waals surface area contributed by atoms with Crippen LogP contribution >= 0.6 is 11.3 Å². The van der Waals surface area contributed by atoms with Crippen molar-refractivity contribution in [3.8, 4) is 11.8 Å². The predicted molar refractivity (Wildman–Crippen MR) is 77.9 cm³/mol. The van der Waals surface area contributed by atoms with Gasteiger partial charge in [0.05, 0.1) is 12.1 Å². The van der Waals surface area contributed by atoms with Crippen molar-refractivity contribution in [1.29, 1.82) is 0 Å². The summed E-state index contributed by atoms with van der Waals surface area (Å²) in [6.45, 7) is 0.811. The number of nitrogens with two attached hydrogens (primary N) is 1. The van der Waals surface area contributed by atoms with Crippen LogP contribution in [0.15, 0.2) is 41.1 Å². The first-order chi connectivity index (χ1) is 9.31. The van der Waals surface area contributed by atoms with E-state index in [0.29, 0.717) is 17.7 Å². The highest BCUT2D eigenvalue weighted by Gasteiger charge is 2.09. The smallest absolute Gasteiger partial charge is 0.252 e. The summed E-state index contributed by atoms with van der Waals surface area (Å²) in [6, 6.07) is 9.26. The molecule has 3 nitrogen and oxygen atoms in total. The maximum atomic E-state index is 12.1. The highest BCUT2D eigenvalue weighted by molar-refractivity contribution is 7.07. The number of carbonyl (C=O) groups is 1. The first kappa shape index (κ1) is 13.3. The molecule has 1 heterocycles. The minimum atomic E-state index is -0.117. The molecule has 0 radical (unpaired) electrons. The summed E-state index contributed by atoms with van der Waals surface area (Å²) in [6.07, 6.45) is 0. The molecule has 0 aliphatic rings. The lowest BCUT2D eigenvalue weighted by Gasteiger charge is -2.05. The van der Waals surface area contributed by atoms with Crippen LogP contribution in [-0.2, 0) is 6.54 Å². The van der Waals surface area contributed by atoms with E-state index in [1.807, 2.05) is 35.0 Å². The summed E-state index contributed by atoms with van der Waals surface area (Å²) in [5.41, 5.74) is 7.74. The van der Waals surface area contributed by atoms with Crippen LogP contribution in [0, 0.1) is 11.8 Å². The summed E-state index contributed by atoms with van der Waals surface area (Å²) >= 11 is 1.61. The third kappa shape index (κ3) is 3.68. The molecule has 3 N–H and O–H groups in total. The molecular weight excluding hydrogens is 256 g/mol. The van der Waals surface area contributed by atoms with Gasteiger partial charge >= 0.3 is 0 Å². The van der Waals surface area contributed by atoms with Crippen molar-refractivity contribution in [3.05, 3.63) is 57.8 Å². The van der Waals surface area contributed by atoms with Crippen LogP contribution in [0.1, 0.15) is 21.5 Å². The third-order valence-electron chi connectivity index (χ3n) is 2.53. The van der Waals surface area contributed by atoms with Gasteiger partial charge < -0.3 is 11.1 Å². The second kappa shape index (κ2) is 6.74. The van der Waals surface area contributed by atoms with Crippen molar-refractivity contribution in [2.75, 3.05) is 6.54 Å². The van der Waals surface area contributed by atoms with Crippen LogP contribution in [0.4, 0.5) is 0 Å². The number of benzene rings is 1. The van der Waals surface area contributed by atoms with Crippen LogP contribution in [0.2, 0.25) is 0 Å². The Hall–Kier alpha value is -2.09. The standard InChI is InChI=1S/C15H14N2OS/c16-8-3-5-13-4-1-2-6-14(13)15(18)17-10-12-7-9-19-11-12/h1-2,4,6-7,9,11H,8,10,16H2,(H,17,18). The van der Waals surface area contributed by atoms with E-state index < -0.39 is 0 Å². The molecule has 0 saturated carbocycles. The quantitative estimate of drug-likeness (QED) is 0.838. The molecular formula is C15H14N2OS. The number of hydrogen-bond donors (Lipinski definition) is 2. The van der Waals surface area contributed by atoms with Gasteiger partial charge in [-0.2, -0.15) is 11.3 Å². The van der Waals surface area contributed by atoms with Gasteiger partial charge in [-0.1, -0.05) is 24.0 Å². The van der Waals surface area contributed by atoms with Gasteiger partial charge in [-0.05, 0) is 34.5 Å². The molecule has 2 rings (SSSR count). The summed E-state index contributed by atoms with van der Waals surface area (Å²) < 4.78 is 0. The zero-order valence-electron chi connectivity index (χ0n) is 10.3. The Bertz CT molecular complexity index is 609. The molecule has 96 valence electrons. The van der Waals surface area contributed by atoms with Gasteiger partial charge in [0.1, 0.15) is 0 Å². The van der Waals surface area contributed by atoms with E-state index in [9.17, 15) is 4.79 Å². The Morgan fingerprint density at radius 3 is 2.89 bits per heavy atom. The maximum absolute atomic E-state index is 12.1. The topological polar surface area (TPSA) is 55.1 Å². The Morgan fingerprint density at radius 2 is 2.16 bits per heavy atom. The number of thiophene rings is 1. The first-order valence-electron chi connectivity index (χ1n) is 5.88. The lowest BCUT2D eigenvalue weighted by atomic mass is 10.1. The van der Waals surface area contributed by atoms with E-state index in [4.69, 9.17) is 5.73 Å². The van der Waals surface area contributed by atoms with Gasteiger partial charge in [-0.3, -0.25) is 4.79 Å². The van der Waals surface area contributed by atoms with E-state index >= 15 is 0 Å². The molecule has 1 amide bonds. The zero-order valence-corrected chi connectivity index (χ0v) is 11.2. The molecule has 2 aromatic rings. The summed E-state index contributed by atoms with van der Waals surface area (Å²) in [5, 5.41) is 6.89.